The third-order valence-electron chi connectivity index (χ3n) is 6.27. The number of amides is 2. The van der Waals surface area contributed by atoms with Gasteiger partial charge in [0.2, 0.25) is 5.91 Å². The maximum Gasteiger partial charge on any atom is 0.258 e. The van der Waals surface area contributed by atoms with E-state index in [4.69, 9.17) is 10.5 Å². The Hall–Kier alpha value is -3.78. The van der Waals surface area contributed by atoms with Crippen LogP contribution in [0, 0.1) is 17.6 Å². The van der Waals surface area contributed by atoms with E-state index in [2.05, 4.69) is 10.2 Å². The van der Waals surface area contributed by atoms with E-state index in [9.17, 15) is 18.4 Å². The topological polar surface area (TPSA) is 84.7 Å². The summed E-state index contributed by atoms with van der Waals surface area (Å²) >= 11 is 0. The molecule has 2 amide bonds. The number of likely N-dealkylation sites (tertiary alicyclic amines) is 1. The zero-order chi connectivity index (χ0) is 24.9. The minimum absolute atomic E-state index is 0.149. The van der Waals surface area contributed by atoms with Gasteiger partial charge in [0.25, 0.3) is 5.91 Å². The Kier molecular flexibility index (Phi) is 7.41. The van der Waals surface area contributed by atoms with Crippen LogP contribution >= 0.6 is 0 Å². The number of methoxy groups -OCH3 is 1. The molecule has 1 fully saturated rings. The van der Waals surface area contributed by atoms with E-state index in [-0.39, 0.29) is 23.0 Å². The number of nitrogens with one attached hydrogen (secondary N) is 1. The van der Waals surface area contributed by atoms with Gasteiger partial charge in [-0.1, -0.05) is 24.3 Å². The van der Waals surface area contributed by atoms with E-state index >= 15 is 0 Å². The monoisotopic (exact) mass is 479 g/mol. The average molecular weight is 480 g/mol. The smallest absolute Gasteiger partial charge is 0.258 e. The lowest BCUT2D eigenvalue weighted by Crippen LogP contribution is -2.40. The Morgan fingerprint density at radius 1 is 1.09 bits per heavy atom. The van der Waals surface area contributed by atoms with E-state index in [1.807, 2.05) is 12.1 Å². The number of nitrogens with two attached hydrogens (primary N) is 1. The van der Waals surface area contributed by atoms with Gasteiger partial charge in [-0.2, -0.15) is 0 Å². The highest BCUT2D eigenvalue weighted by atomic mass is 19.1. The van der Waals surface area contributed by atoms with Gasteiger partial charge in [0, 0.05) is 30.4 Å². The number of para-hydroxylation sites is 1. The summed E-state index contributed by atoms with van der Waals surface area (Å²) in [5.41, 5.74) is 7.26. The highest BCUT2D eigenvalue weighted by Gasteiger charge is 2.24. The van der Waals surface area contributed by atoms with Crippen LogP contribution in [-0.4, -0.2) is 36.9 Å². The van der Waals surface area contributed by atoms with Crippen molar-refractivity contribution in [1.29, 1.82) is 0 Å². The second-order valence-corrected chi connectivity index (χ2v) is 8.63. The maximum atomic E-state index is 14.9. The van der Waals surface area contributed by atoms with Crippen molar-refractivity contribution in [2.75, 3.05) is 25.5 Å². The largest absolute Gasteiger partial charge is 0.497 e. The second kappa shape index (κ2) is 10.7. The van der Waals surface area contributed by atoms with E-state index in [0.717, 1.165) is 31.0 Å². The van der Waals surface area contributed by atoms with Gasteiger partial charge in [0.1, 0.15) is 17.4 Å². The maximum absolute atomic E-state index is 14.9. The molecule has 1 aliphatic heterocycles. The third-order valence-corrected chi connectivity index (χ3v) is 6.27. The Bertz CT molecular complexity index is 1250. The van der Waals surface area contributed by atoms with Gasteiger partial charge in [-0.25, -0.2) is 8.78 Å². The van der Waals surface area contributed by atoms with Crippen molar-refractivity contribution in [3.05, 3.63) is 83.4 Å². The summed E-state index contributed by atoms with van der Waals surface area (Å²) < 4.78 is 34.3. The zero-order valence-electron chi connectivity index (χ0n) is 19.4. The highest BCUT2D eigenvalue weighted by Crippen LogP contribution is 2.28. The summed E-state index contributed by atoms with van der Waals surface area (Å²) in [6.07, 6.45) is 1.65. The Morgan fingerprint density at radius 3 is 2.60 bits per heavy atom. The summed E-state index contributed by atoms with van der Waals surface area (Å²) in [5, 5.41) is 2.79. The molecular weight excluding hydrogens is 452 g/mol. The number of ether oxygens (including phenoxy) is 1. The summed E-state index contributed by atoms with van der Waals surface area (Å²) in [6.45, 7) is 1.91. The van der Waals surface area contributed by atoms with Crippen molar-refractivity contribution in [1.82, 2.24) is 4.90 Å². The molecule has 3 N–H and O–H groups in total. The molecule has 0 aromatic heterocycles. The standard InChI is InChI=1S/C27H27F2N3O3/c1-35-20-9-11-21(24(29)14-20)17-8-10-22(23(28)13-17)27(34)31-25-7-3-2-5-18(25)15-32-12-4-6-19(16-32)26(30)33/h2-3,5,7-11,13-14,19H,4,6,12,15-16H2,1H3,(H2,30,33)(H,31,34). The zero-order valence-corrected chi connectivity index (χ0v) is 19.4. The summed E-state index contributed by atoms with van der Waals surface area (Å²) in [7, 11) is 1.43. The summed E-state index contributed by atoms with van der Waals surface area (Å²) in [5.74, 6) is -2.04. The van der Waals surface area contributed by atoms with Gasteiger partial charge in [-0.15, -0.1) is 0 Å². The number of carbonyl (C=O) groups is 2. The lowest BCUT2D eigenvalue weighted by molar-refractivity contribution is -0.123. The van der Waals surface area contributed by atoms with Gasteiger partial charge in [-0.3, -0.25) is 14.5 Å². The first-order valence-corrected chi connectivity index (χ1v) is 11.4. The van der Waals surface area contributed by atoms with Crippen LogP contribution < -0.4 is 15.8 Å². The molecule has 0 aliphatic carbocycles. The number of hydrogen-bond donors (Lipinski definition) is 2. The van der Waals surface area contributed by atoms with Crippen molar-refractivity contribution in [3.63, 3.8) is 0 Å². The number of nitrogens with zero attached hydrogens (tertiary/aromatic N) is 1. The number of halogens is 2. The molecular formula is C27H27F2N3O3. The number of anilines is 1. The van der Waals surface area contributed by atoms with Crippen molar-refractivity contribution in [2.24, 2.45) is 11.7 Å². The molecule has 1 aliphatic rings. The number of piperidine rings is 1. The minimum atomic E-state index is -0.756. The molecule has 3 aromatic carbocycles. The number of primary amides is 1. The molecule has 8 heteroatoms. The minimum Gasteiger partial charge on any atom is -0.497 e. The fraction of sp³-hybridized carbons (Fsp3) is 0.259. The lowest BCUT2D eigenvalue weighted by Gasteiger charge is -2.31. The Labute approximate surface area is 202 Å². The first-order chi connectivity index (χ1) is 16.9. The van der Waals surface area contributed by atoms with E-state index < -0.39 is 17.5 Å². The van der Waals surface area contributed by atoms with Crippen LogP contribution in [0.25, 0.3) is 11.1 Å². The van der Waals surface area contributed by atoms with E-state index in [1.165, 1.54) is 31.4 Å². The van der Waals surface area contributed by atoms with Gasteiger partial charge in [-0.05, 0) is 60.8 Å². The summed E-state index contributed by atoms with van der Waals surface area (Å²) in [6, 6.07) is 15.6. The average Bonchev–Trinajstić information content (AvgIpc) is 2.85. The molecule has 1 heterocycles. The van der Waals surface area contributed by atoms with Gasteiger partial charge >= 0.3 is 0 Å². The van der Waals surface area contributed by atoms with E-state index in [1.54, 1.807) is 18.2 Å². The molecule has 0 saturated carbocycles. The predicted octanol–water partition coefficient (Wildman–Crippen LogP) is 4.59. The Morgan fingerprint density at radius 2 is 1.89 bits per heavy atom. The summed E-state index contributed by atoms with van der Waals surface area (Å²) in [4.78, 5) is 26.6. The van der Waals surface area contributed by atoms with Crippen molar-refractivity contribution < 1.29 is 23.1 Å². The molecule has 1 atom stereocenters. The van der Waals surface area contributed by atoms with Crippen molar-refractivity contribution in [2.45, 2.75) is 19.4 Å². The van der Waals surface area contributed by atoms with Crippen LogP contribution in [-0.2, 0) is 11.3 Å². The Balaban J connectivity index is 1.50. The predicted molar refractivity (Wildman–Crippen MR) is 130 cm³/mol. The molecule has 0 bridgehead atoms. The molecule has 0 spiro atoms. The quantitative estimate of drug-likeness (QED) is 0.519. The number of rotatable bonds is 7. The molecule has 3 aromatic rings. The van der Waals surface area contributed by atoms with Crippen LogP contribution in [0.4, 0.5) is 14.5 Å². The fourth-order valence-electron chi connectivity index (χ4n) is 4.37. The van der Waals surface area contributed by atoms with Crippen LogP contribution in [0.1, 0.15) is 28.8 Å². The molecule has 1 unspecified atom stereocenters. The van der Waals surface area contributed by atoms with Gasteiger partial charge < -0.3 is 15.8 Å². The second-order valence-electron chi connectivity index (χ2n) is 8.63. The molecule has 182 valence electrons. The van der Waals surface area contributed by atoms with Gasteiger partial charge in [0.15, 0.2) is 0 Å². The molecule has 35 heavy (non-hydrogen) atoms. The fourth-order valence-corrected chi connectivity index (χ4v) is 4.37. The van der Waals surface area contributed by atoms with Gasteiger partial charge in [0.05, 0.1) is 18.6 Å². The first kappa shape index (κ1) is 24.3. The van der Waals surface area contributed by atoms with Crippen molar-refractivity contribution >= 4 is 17.5 Å². The SMILES string of the molecule is COc1ccc(-c2ccc(C(=O)Nc3ccccc3CN3CCCC(C(N)=O)C3)c(F)c2)c(F)c1. The third kappa shape index (κ3) is 5.66. The first-order valence-electron chi connectivity index (χ1n) is 11.4. The molecule has 6 nitrogen and oxygen atoms in total. The normalized spacial score (nSPS) is 16.0. The van der Waals surface area contributed by atoms with Crippen molar-refractivity contribution in [3.8, 4) is 16.9 Å². The number of carbonyl (C=O) groups excluding carboxylic acids is 2. The van der Waals surface area contributed by atoms with Crippen LogP contribution in [0.2, 0.25) is 0 Å². The number of benzene rings is 3. The molecule has 0 radical (unpaired) electrons. The van der Waals surface area contributed by atoms with Crippen LogP contribution in [0.5, 0.6) is 5.75 Å². The molecule has 4 rings (SSSR count). The van der Waals surface area contributed by atoms with Crippen LogP contribution in [0.3, 0.4) is 0 Å². The molecule has 1 saturated heterocycles. The number of hydrogen-bond acceptors (Lipinski definition) is 4. The van der Waals surface area contributed by atoms with E-state index in [0.29, 0.717) is 30.1 Å². The highest BCUT2D eigenvalue weighted by molar-refractivity contribution is 6.05. The van der Waals surface area contributed by atoms with Crippen LogP contribution in [0.15, 0.2) is 60.7 Å². The lowest BCUT2D eigenvalue weighted by atomic mass is 9.97.